The number of hydrogen-bond donors (Lipinski definition) is 1. The molecular formula is C16H19N5O. The Morgan fingerprint density at radius 1 is 1.27 bits per heavy atom. The highest BCUT2D eigenvalue weighted by Crippen LogP contribution is 2.14. The number of nitrogens with one attached hydrogen (secondary N) is 1. The highest BCUT2D eigenvalue weighted by atomic mass is 16.5. The summed E-state index contributed by atoms with van der Waals surface area (Å²) in [7, 11) is 0. The fourth-order valence-electron chi connectivity index (χ4n) is 2.28. The summed E-state index contributed by atoms with van der Waals surface area (Å²) in [6, 6.07) is 7.71. The maximum absolute atomic E-state index is 5.81. The van der Waals surface area contributed by atoms with Gasteiger partial charge in [0.05, 0.1) is 18.4 Å². The Hall–Kier alpha value is -2.63. The standard InChI is InChI=1S/C16H19N5O/c1-11-7-15(21-16(19-11)8-12(2)20-21)18-9-13(3)22-14-5-4-6-17-10-14/h4-8,10,13,18H,9H2,1-3H3/t13-/m0/s1. The highest BCUT2D eigenvalue weighted by Gasteiger charge is 2.09. The Kier molecular flexibility index (Phi) is 3.91. The summed E-state index contributed by atoms with van der Waals surface area (Å²) >= 11 is 0. The maximum Gasteiger partial charge on any atom is 0.157 e. The molecule has 0 saturated carbocycles. The molecule has 0 saturated heterocycles. The average molecular weight is 297 g/mol. The van der Waals surface area contributed by atoms with Crippen LogP contribution >= 0.6 is 0 Å². The van der Waals surface area contributed by atoms with E-state index in [2.05, 4.69) is 20.4 Å². The summed E-state index contributed by atoms with van der Waals surface area (Å²) in [5, 5.41) is 7.83. The van der Waals surface area contributed by atoms with Crippen molar-refractivity contribution >= 4 is 11.5 Å². The molecule has 3 aromatic rings. The van der Waals surface area contributed by atoms with Gasteiger partial charge in [0.25, 0.3) is 0 Å². The van der Waals surface area contributed by atoms with Crippen LogP contribution in [0.25, 0.3) is 5.65 Å². The van der Waals surface area contributed by atoms with Crippen LogP contribution in [-0.4, -0.2) is 32.2 Å². The summed E-state index contributed by atoms with van der Waals surface area (Å²) in [6.45, 7) is 6.61. The SMILES string of the molecule is Cc1cc(NC[C@H](C)Oc2cccnc2)n2nc(C)cc2n1. The lowest BCUT2D eigenvalue weighted by Crippen LogP contribution is -2.23. The van der Waals surface area contributed by atoms with E-state index in [1.165, 1.54) is 0 Å². The fraction of sp³-hybridized carbons (Fsp3) is 0.312. The lowest BCUT2D eigenvalue weighted by atomic mass is 10.3. The zero-order chi connectivity index (χ0) is 15.5. The number of ether oxygens (including phenoxy) is 1. The van der Waals surface area contributed by atoms with Gasteiger partial charge in [0, 0.05) is 24.0 Å². The monoisotopic (exact) mass is 297 g/mol. The number of pyridine rings is 1. The second-order valence-electron chi connectivity index (χ2n) is 5.34. The molecule has 0 bridgehead atoms. The molecule has 114 valence electrons. The van der Waals surface area contributed by atoms with Crippen LogP contribution in [0.3, 0.4) is 0 Å². The van der Waals surface area contributed by atoms with Gasteiger partial charge in [0.2, 0.25) is 0 Å². The third-order valence-corrected chi connectivity index (χ3v) is 3.22. The van der Waals surface area contributed by atoms with Crippen LogP contribution in [0.15, 0.2) is 36.7 Å². The lowest BCUT2D eigenvalue weighted by molar-refractivity contribution is 0.233. The molecule has 0 amide bonds. The maximum atomic E-state index is 5.81. The molecule has 22 heavy (non-hydrogen) atoms. The van der Waals surface area contributed by atoms with Crippen molar-refractivity contribution in [2.45, 2.75) is 26.9 Å². The first-order valence-corrected chi connectivity index (χ1v) is 7.26. The molecule has 1 N–H and O–H groups in total. The lowest BCUT2D eigenvalue weighted by Gasteiger charge is -2.16. The number of hydrogen-bond acceptors (Lipinski definition) is 5. The molecule has 0 aliphatic carbocycles. The first-order chi connectivity index (χ1) is 10.6. The number of nitrogens with zero attached hydrogens (tertiary/aromatic N) is 4. The second-order valence-corrected chi connectivity index (χ2v) is 5.34. The predicted molar refractivity (Wildman–Crippen MR) is 85.3 cm³/mol. The van der Waals surface area contributed by atoms with Gasteiger partial charge in [-0.1, -0.05) is 0 Å². The van der Waals surface area contributed by atoms with E-state index in [1.54, 1.807) is 12.4 Å². The minimum atomic E-state index is 0.00406. The minimum absolute atomic E-state index is 0.00406. The summed E-state index contributed by atoms with van der Waals surface area (Å²) in [5.41, 5.74) is 2.75. The molecule has 0 unspecified atom stereocenters. The van der Waals surface area contributed by atoms with Gasteiger partial charge in [-0.2, -0.15) is 9.61 Å². The van der Waals surface area contributed by atoms with Crippen molar-refractivity contribution in [2.75, 3.05) is 11.9 Å². The zero-order valence-electron chi connectivity index (χ0n) is 12.9. The molecule has 0 aliphatic heterocycles. The summed E-state index contributed by atoms with van der Waals surface area (Å²) in [6.07, 6.45) is 3.44. The van der Waals surface area contributed by atoms with E-state index in [9.17, 15) is 0 Å². The molecule has 0 aromatic carbocycles. The molecule has 3 aromatic heterocycles. The van der Waals surface area contributed by atoms with Gasteiger partial charge in [-0.05, 0) is 32.9 Å². The van der Waals surface area contributed by atoms with E-state index in [0.29, 0.717) is 6.54 Å². The van der Waals surface area contributed by atoms with Gasteiger partial charge >= 0.3 is 0 Å². The van der Waals surface area contributed by atoms with Crippen LogP contribution in [0.4, 0.5) is 5.82 Å². The largest absolute Gasteiger partial charge is 0.487 e. The molecule has 0 fully saturated rings. The van der Waals surface area contributed by atoms with Gasteiger partial charge in [-0.15, -0.1) is 0 Å². The van der Waals surface area contributed by atoms with Crippen molar-refractivity contribution in [1.82, 2.24) is 19.6 Å². The summed E-state index contributed by atoms with van der Waals surface area (Å²) in [4.78, 5) is 8.52. The van der Waals surface area contributed by atoms with Crippen molar-refractivity contribution in [3.05, 3.63) is 48.0 Å². The quantitative estimate of drug-likeness (QED) is 0.784. The highest BCUT2D eigenvalue weighted by molar-refractivity contribution is 5.50. The Labute approximate surface area is 129 Å². The number of aromatic nitrogens is 4. The fourth-order valence-corrected chi connectivity index (χ4v) is 2.28. The van der Waals surface area contributed by atoms with Crippen LogP contribution < -0.4 is 10.1 Å². The normalized spacial score (nSPS) is 12.3. The van der Waals surface area contributed by atoms with E-state index in [1.807, 2.05) is 49.6 Å². The molecule has 0 spiro atoms. The Morgan fingerprint density at radius 3 is 2.91 bits per heavy atom. The molecule has 6 heteroatoms. The van der Waals surface area contributed by atoms with Gasteiger partial charge in [-0.3, -0.25) is 4.98 Å². The van der Waals surface area contributed by atoms with Crippen LogP contribution in [0, 0.1) is 13.8 Å². The van der Waals surface area contributed by atoms with Crippen molar-refractivity contribution in [3.8, 4) is 5.75 Å². The first kappa shape index (κ1) is 14.3. The number of anilines is 1. The van der Waals surface area contributed by atoms with Crippen LogP contribution in [0.5, 0.6) is 5.75 Å². The Morgan fingerprint density at radius 2 is 2.14 bits per heavy atom. The number of rotatable bonds is 5. The van der Waals surface area contributed by atoms with E-state index < -0.39 is 0 Å². The topological polar surface area (TPSA) is 64.3 Å². The van der Waals surface area contributed by atoms with Crippen LogP contribution in [-0.2, 0) is 0 Å². The Bertz CT molecular complexity index is 769. The number of fused-ring (bicyclic) bond motifs is 1. The van der Waals surface area contributed by atoms with E-state index in [-0.39, 0.29) is 6.10 Å². The smallest absolute Gasteiger partial charge is 0.157 e. The molecule has 0 radical (unpaired) electrons. The summed E-state index contributed by atoms with van der Waals surface area (Å²) in [5.74, 6) is 1.68. The third kappa shape index (κ3) is 3.16. The van der Waals surface area contributed by atoms with Crippen LogP contribution in [0.1, 0.15) is 18.3 Å². The van der Waals surface area contributed by atoms with E-state index in [4.69, 9.17) is 4.74 Å². The first-order valence-electron chi connectivity index (χ1n) is 7.26. The van der Waals surface area contributed by atoms with Crippen molar-refractivity contribution in [1.29, 1.82) is 0 Å². The minimum Gasteiger partial charge on any atom is -0.487 e. The van der Waals surface area contributed by atoms with Gasteiger partial charge in [-0.25, -0.2) is 4.98 Å². The second kappa shape index (κ2) is 6.01. The van der Waals surface area contributed by atoms with Crippen molar-refractivity contribution in [2.24, 2.45) is 0 Å². The van der Waals surface area contributed by atoms with E-state index in [0.717, 1.165) is 28.6 Å². The van der Waals surface area contributed by atoms with E-state index >= 15 is 0 Å². The molecule has 3 heterocycles. The zero-order valence-corrected chi connectivity index (χ0v) is 12.9. The Balaban J connectivity index is 1.71. The van der Waals surface area contributed by atoms with Gasteiger partial charge < -0.3 is 10.1 Å². The molecule has 0 aliphatic rings. The van der Waals surface area contributed by atoms with Gasteiger partial charge in [0.15, 0.2) is 5.65 Å². The third-order valence-electron chi connectivity index (χ3n) is 3.22. The van der Waals surface area contributed by atoms with Crippen molar-refractivity contribution < 1.29 is 4.74 Å². The van der Waals surface area contributed by atoms with Gasteiger partial charge in [0.1, 0.15) is 17.7 Å². The van der Waals surface area contributed by atoms with Crippen molar-refractivity contribution in [3.63, 3.8) is 0 Å². The number of aryl methyl sites for hydroxylation is 2. The average Bonchev–Trinajstić information content (AvgIpc) is 2.86. The van der Waals surface area contributed by atoms with Crippen LogP contribution in [0.2, 0.25) is 0 Å². The molecule has 3 rings (SSSR count). The summed E-state index contributed by atoms with van der Waals surface area (Å²) < 4.78 is 7.63. The molecule has 6 nitrogen and oxygen atoms in total. The molecular weight excluding hydrogens is 278 g/mol. The molecule has 1 atom stereocenters. The predicted octanol–water partition coefficient (Wildman–Crippen LogP) is 2.62.